The van der Waals surface area contributed by atoms with E-state index in [1.807, 2.05) is 0 Å². The topological polar surface area (TPSA) is 87.3 Å². The predicted octanol–water partition coefficient (Wildman–Crippen LogP) is 4.08. The van der Waals surface area contributed by atoms with Crippen LogP contribution < -0.4 is 16.0 Å². The Balaban J connectivity index is 1.82. The van der Waals surface area contributed by atoms with Gasteiger partial charge in [0.15, 0.2) is 11.6 Å². The van der Waals surface area contributed by atoms with Crippen molar-refractivity contribution in [2.75, 3.05) is 7.05 Å². The number of nitrogens with one attached hydrogen (secondary N) is 3. The van der Waals surface area contributed by atoms with E-state index in [9.17, 15) is 23.2 Å². The van der Waals surface area contributed by atoms with E-state index in [1.165, 1.54) is 13.1 Å². The maximum absolute atomic E-state index is 13.7. The number of amides is 3. The summed E-state index contributed by atoms with van der Waals surface area (Å²) in [6.07, 6.45) is -0.225. The second-order valence-corrected chi connectivity index (χ2v) is 7.82. The molecule has 176 valence electrons. The first-order chi connectivity index (χ1) is 16.3. The Morgan fingerprint density at radius 2 is 1.53 bits per heavy atom. The highest BCUT2D eigenvalue weighted by Crippen LogP contribution is 2.22. The Morgan fingerprint density at radius 1 is 0.853 bits per heavy atom. The first kappa shape index (κ1) is 24.9. The Kier molecular flexibility index (Phi) is 8.32. The molecule has 3 aromatic carbocycles. The zero-order chi connectivity index (χ0) is 24.7. The lowest BCUT2D eigenvalue weighted by molar-refractivity contribution is -0.129. The van der Waals surface area contributed by atoms with Crippen LogP contribution in [0.1, 0.15) is 40.0 Å². The van der Waals surface area contributed by atoms with Gasteiger partial charge in [0.05, 0.1) is 23.0 Å². The fourth-order valence-corrected chi connectivity index (χ4v) is 3.58. The molecule has 0 saturated carbocycles. The molecule has 3 amide bonds. The summed E-state index contributed by atoms with van der Waals surface area (Å²) in [5.41, 5.74) is 0.973. The maximum atomic E-state index is 13.7. The van der Waals surface area contributed by atoms with Crippen LogP contribution in [0.3, 0.4) is 0 Å². The highest BCUT2D eigenvalue weighted by molar-refractivity contribution is 6.33. The molecule has 0 spiro atoms. The SMILES string of the molecule is CNC(=O)C(NC(=O)CC(NC(=O)c1ccccc1Cl)c1ccccc1)c1ccc(F)c(F)c1. The molecule has 0 radical (unpaired) electrons. The standard InChI is InChI=1S/C25H22ClF2N3O3/c1-29-25(34)23(16-11-12-19(27)20(28)13-16)31-22(32)14-21(15-7-3-2-4-8-15)30-24(33)17-9-5-6-10-18(17)26/h2-13,21,23H,14H2,1H3,(H,29,34)(H,30,33)(H,31,32). The van der Waals surface area contributed by atoms with Gasteiger partial charge in [-0.2, -0.15) is 0 Å². The monoisotopic (exact) mass is 485 g/mol. The van der Waals surface area contributed by atoms with Crippen LogP contribution in [0, 0.1) is 11.6 Å². The van der Waals surface area contributed by atoms with Crippen LogP contribution in [0.4, 0.5) is 8.78 Å². The third-order valence-corrected chi connectivity index (χ3v) is 5.44. The summed E-state index contributed by atoms with van der Waals surface area (Å²) in [4.78, 5) is 38.1. The maximum Gasteiger partial charge on any atom is 0.253 e. The highest BCUT2D eigenvalue weighted by Gasteiger charge is 2.26. The van der Waals surface area contributed by atoms with Crippen molar-refractivity contribution in [1.29, 1.82) is 0 Å². The lowest BCUT2D eigenvalue weighted by Crippen LogP contribution is -2.41. The average Bonchev–Trinajstić information content (AvgIpc) is 2.84. The second kappa shape index (κ2) is 11.4. The van der Waals surface area contributed by atoms with E-state index >= 15 is 0 Å². The Bertz CT molecular complexity index is 1190. The molecule has 6 nitrogen and oxygen atoms in total. The minimum absolute atomic E-state index is 0.0722. The molecular formula is C25H22ClF2N3O3. The van der Waals surface area contributed by atoms with Crippen LogP contribution in [0.5, 0.6) is 0 Å². The molecule has 0 bridgehead atoms. The molecule has 0 aliphatic heterocycles. The van der Waals surface area contributed by atoms with Gasteiger partial charge < -0.3 is 16.0 Å². The molecule has 34 heavy (non-hydrogen) atoms. The minimum atomic E-state index is -1.26. The number of carbonyl (C=O) groups excluding carboxylic acids is 3. The van der Waals surface area contributed by atoms with Gasteiger partial charge in [-0.15, -0.1) is 0 Å². The predicted molar refractivity (Wildman–Crippen MR) is 124 cm³/mol. The molecule has 3 N–H and O–H groups in total. The van der Waals surface area contributed by atoms with Crippen molar-refractivity contribution in [1.82, 2.24) is 16.0 Å². The molecule has 0 aliphatic carbocycles. The number of hydrogen-bond acceptors (Lipinski definition) is 3. The summed E-state index contributed by atoms with van der Waals surface area (Å²) < 4.78 is 27.1. The van der Waals surface area contributed by atoms with Gasteiger partial charge in [-0.3, -0.25) is 14.4 Å². The smallest absolute Gasteiger partial charge is 0.253 e. The van der Waals surface area contributed by atoms with E-state index in [4.69, 9.17) is 11.6 Å². The normalized spacial score (nSPS) is 12.4. The van der Waals surface area contributed by atoms with Crippen molar-refractivity contribution >= 4 is 29.3 Å². The van der Waals surface area contributed by atoms with Crippen molar-refractivity contribution in [3.05, 3.63) is 106 Å². The summed E-state index contributed by atoms with van der Waals surface area (Å²) in [7, 11) is 1.36. The summed E-state index contributed by atoms with van der Waals surface area (Å²) >= 11 is 6.12. The van der Waals surface area contributed by atoms with E-state index in [1.54, 1.807) is 54.6 Å². The summed E-state index contributed by atoms with van der Waals surface area (Å²) in [5, 5.41) is 7.99. The van der Waals surface area contributed by atoms with E-state index in [2.05, 4.69) is 16.0 Å². The molecule has 3 rings (SSSR count). The van der Waals surface area contributed by atoms with E-state index < -0.39 is 41.4 Å². The summed E-state index contributed by atoms with van der Waals surface area (Å²) in [6.45, 7) is 0. The second-order valence-electron chi connectivity index (χ2n) is 7.41. The van der Waals surface area contributed by atoms with E-state index in [0.717, 1.165) is 12.1 Å². The zero-order valence-corrected chi connectivity index (χ0v) is 18.9. The third kappa shape index (κ3) is 6.17. The molecule has 0 heterocycles. The van der Waals surface area contributed by atoms with Crippen molar-refractivity contribution in [3.8, 4) is 0 Å². The zero-order valence-electron chi connectivity index (χ0n) is 18.1. The largest absolute Gasteiger partial charge is 0.357 e. The molecule has 0 fully saturated rings. The van der Waals surface area contributed by atoms with E-state index in [0.29, 0.717) is 5.56 Å². The number of rotatable bonds is 8. The van der Waals surface area contributed by atoms with Gasteiger partial charge in [0.2, 0.25) is 11.8 Å². The number of benzene rings is 3. The lowest BCUT2D eigenvalue weighted by atomic mass is 10.0. The van der Waals surface area contributed by atoms with Crippen molar-refractivity contribution < 1.29 is 23.2 Å². The molecular weight excluding hydrogens is 464 g/mol. The van der Waals surface area contributed by atoms with Crippen LogP contribution in [-0.2, 0) is 9.59 Å². The molecule has 2 unspecified atom stereocenters. The molecule has 0 aliphatic rings. The fourth-order valence-electron chi connectivity index (χ4n) is 3.36. The van der Waals surface area contributed by atoms with Crippen LogP contribution in [0.2, 0.25) is 5.02 Å². The van der Waals surface area contributed by atoms with Gasteiger partial charge in [-0.05, 0) is 35.4 Å². The molecule has 3 aromatic rings. The Hall–Kier alpha value is -3.78. The van der Waals surface area contributed by atoms with Crippen LogP contribution in [0.15, 0.2) is 72.8 Å². The third-order valence-electron chi connectivity index (χ3n) is 5.11. The molecule has 0 saturated heterocycles. The van der Waals surface area contributed by atoms with Gasteiger partial charge in [-0.25, -0.2) is 8.78 Å². The van der Waals surface area contributed by atoms with Gasteiger partial charge in [0.25, 0.3) is 5.91 Å². The van der Waals surface area contributed by atoms with Gasteiger partial charge in [-0.1, -0.05) is 60.1 Å². The van der Waals surface area contributed by atoms with Crippen LogP contribution in [-0.4, -0.2) is 24.8 Å². The number of carbonyl (C=O) groups is 3. The van der Waals surface area contributed by atoms with Gasteiger partial charge in [0, 0.05) is 7.05 Å². The first-order valence-corrected chi connectivity index (χ1v) is 10.7. The highest BCUT2D eigenvalue weighted by atomic mass is 35.5. The molecule has 0 aromatic heterocycles. The number of halogens is 3. The minimum Gasteiger partial charge on any atom is -0.357 e. The molecule has 2 atom stereocenters. The van der Waals surface area contributed by atoms with E-state index in [-0.39, 0.29) is 22.6 Å². The van der Waals surface area contributed by atoms with Crippen LogP contribution >= 0.6 is 11.6 Å². The lowest BCUT2D eigenvalue weighted by Gasteiger charge is -2.22. The average molecular weight is 486 g/mol. The Labute approximate surface area is 200 Å². The quantitative estimate of drug-likeness (QED) is 0.449. The van der Waals surface area contributed by atoms with Crippen LogP contribution in [0.25, 0.3) is 0 Å². The molecule has 9 heteroatoms. The van der Waals surface area contributed by atoms with Crippen molar-refractivity contribution in [3.63, 3.8) is 0 Å². The summed E-state index contributed by atoms with van der Waals surface area (Å²) in [6, 6.07) is 16.2. The van der Waals surface area contributed by atoms with Gasteiger partial charge in [0.1, 0.15) is 6.04 Å². The van der Waals surface area contributed by atoms with Crippen molar-refractivity contribution in [2.45, 2.75) is 18.5 Å². The first-order valence-electron chi connectivity index (χ1n) is 10.4. The van der Waals surface area contributed by atoms with Crippen molar-refractivity contribution in [2.24, 2.45) is 0 Å². The summed E-state index contributed by atoms with van der Waals surface area (Å²) in [5.74, 6) is -3.90. The fraction of sp³-hybridized carbons (Fsp3) is 0.160. The van der Waals surface area contributed by atoms with Gasteiger partial charge >= 0.3 is 0 Å². The number of hydrogen-bond donors (Lipinski definition) is 3. The number of likely N-dealkylation sites (N-methyl/N-ethyl adjacent to an activating group) is 1. The Morgan fingerprint density at radius 3 is 2.18 bits per heavy atom.